The van der Waals surface area contributed by atoms with E-state index in [9.17, 15) is 22.4 Å². The summed E-state index contributed by atoms with van der Waals surface area (Å²) in [5, 5.41) is 3.98. The van der Waals surface area contributed by atoms with Crippen molar-refractivity contribution in [3.63, 3.8) is 0 Å². The largest absolute Gasteiger partial charge is 0.411 e. The van der Waals surface area contributed by atoms with Gasteiger partial charge in [0.25, 0.3) is 0 Å². The zero-order chi connectivity index (χ0) is 14.1. The first kappa shape index (κ1) is 13.6. The number of hydrogen-bond donors (Lipinski definition) is 2. The van der Waals surface area contributed by atoms with Gasteiger partial charge in [-0.25, -0.2) is 9.18 Å². The molecule has 0 bridgehead atoms. The summed E-state index contributed by atoms with van der Waals surface area (Å²) in [5.74, 6) is -0.702. The fourth-order valence-electron chi connectivity index (χ4n) is 1.94. The van der Waals surface area contributed by atoms with Crippen molar-refractivity contribution in [2.24, 2.45) is 0 Å². The summed E-state index contributed by atoms with van der Waals surface area (Å²) in [5.41, 5.74) is -2.33. The van der Waals surface area contributed by atoms with Crippen molar-refractivity contribution >= 4 is 11.7 Å². The van der Waals surface area contributed by atoms with E-state index in [1.165, 1.54) is 18.2 Å². The molecule has 1 aromatic carbocycles. The van der Waals surface area contributed by atoms with E-state index in [-0.39, 0.29) is 18.5 Å². The number of urea groups is 1. The minimum Gasteiger partial charge on any atom is -0.323 e. The lowest BCUT2D eigenvalue weighted by Gasteiger charge is -2.43. The van der Waals surface area contributed by atoms with Gasteiger partial charge in [-0.2, -0.15) is 13.2 Å². The normalized spacial score (nSPS) is 17.5. The number of alkyl halides is 3. The maximum Gasteiger partial charge on any atom is 0.411 e. The topological polar surface area (TPSA) is 41.1 Å². The zero-order valence-electron chi connectivity index (χ0n) is 9.85. The quantitative estimate of drug-likeness (QED) is 0.798. The Balaban J connectivity index is 2.04. The number of carbonyl (C=O) groups is 1. The van der Waals surface area contributed by atoms with Crippen LogP contribution in [0.25, 0.3) is 0 Å². The average Bonchev–Trinajstić information content (AvgIpc) is 2.25. The fraction of sp³-hybridized carbons (Fsp3) is 0.417. The molecule has 1 aliphatic carbocycles. The summed E-state index contributed by atoms with van der Waals surface area (Å²) in [6.07, 6.45) is -4.40. The van der Waals surface area contributed by atoms with Crippen LogP contribution in [0.2, 0.25) is 0 Å². The summed E-state index contributed by atoms with van der Waals surface area (Å²) in [7, 11) is 0. The molecule has 0 atom stereocenters. The summed E-state index contributed by atoms with van der Waals surface area (Å²) >= 11 is 0. The molecule has 0 spiro atoms. The van der Waals surface area contributed by atoms with Gasteiger partial charge in [-0.1, -0.05) is 12.1 Å². The lowest BCUT2D eigenvalue weighted by molar-refractivity contribution is -0.214. The monoisotopic (exact) mass is 276 g/mol. The molecule has 2 N–H and O–H groups in total. The van der Waals surface area contributed by atoms with Crippen molar-refractivity contribution in [3.8, 4) is 0 Å². The third-order valence-corrected chi connectivity index (χ3v) is 3.22. The molecule has 0 aromatic heterocycles. The fourth-order valence-corrected chi connectivity index (χ4v) is 1.94. The second kappa shape index (κ2) is 4.71. The van der Waals surface area contributed by atoms with Gasteiger partial charge in [-0.15, -0.1) is 0 Å². The van der Waals surface area contributed by atoms with Gasteiger partial charge in [0.05, 0.1) is 5.69 Å². The van der Waals surface area contributed by atoms with Crippen molar-refractivity contribution in [2.45, 2.75) is 31.0 Å². The molecule has 1 aromatic rings. The zero-order valence-corrected chi connectivity index (χ0v) is 9.85. The number of anilines is 1. The number of nitrogens with one attached hydrogen (secondary N) is 2. The summed E-state index contributed by atoms with van der Waals surface area (Å²) in [6.45, 7) is 0. The van der Waals surface area contributed by atoms with Gasteiger partial charge in [0.1, 0.15) is 11.4 Å². The SMILES string of the molecule is O=C(Nc1ccccc1F)NC1(C(F)(F)F)CCC1. The van der Waals surface area contributed by atoms with Crippen LogP contribution in [-0.4, -0.2) is 17.7 Å². The summed E-state index contributed by atoms with van der Waals surface area (Å²) in [4.78, 5) is 11.5. The highest BCUT2D eigenvalue weighted by atomic mass is 19.4. The highest BCUT2D eigenvalue weighted by Gasteiger charge is 2.59. The molecule has 0 heterocycles. The maximum absolute atomic E-state index is 13.2. The molecule has 0 saturated heterocycles. The number of benzene rings is 1. The molecule has 0 unspecified atom stereocenters. The molecule has 19 heavy (non-hydrogen) atoms. The van der Waals surface area contributed by atoms with Gasteiger partial charge >= 0.3 is 12.2 Å². The lowest BCUT2D eigenvalue weighted by atomic mass is 9.76. The minimum atomic E-state index is -4.50. The first-order chi connectivity index (χ1) is 8.84. The van der Waals surface area contributed by atoms with Crippen molar-refractivity contribution in [1.29, 1.82) is 0 Å². The van der Waals surface area contributed by atoms with Crippen LogP contribution in [0, 0.1) is 5.82 Å². The van der Waals surface area contributed by atoms with Crippen LogP contribution in [-0.2, 0) is 0 Å². The Morgan fingerprint density at radius 2 is 1.84 bits per heavy atom. The van der Waals surface area contributed by atoms with Crippen molar-refractivity contribution < 1.29 is 22.4 Å². The highest BCUT2D eigenvalue weighted by molar-refractivity contribution is 5.90. The molecule has 1 fully saturated rings. The molecular weight excluding hydrogens is 264 g/mol. The molecule has 0 radical (unpaired) electrons. The molecule has 3 nitrogen and oxygen atoms in total. The maximum atomic E-state index is 13.2. The first-order valence-corrected chi connectivity index (χ1v) is 5.74. The van der Waals surface area contributed by atoms with Crippen molar-refractivity contribution in [1.82, 2.24) is 5.32 Å². The molecule has 1 saturated carbocycles. The molecule has 104 valence electrons. The molecule has 1 aliphatic rings. The Hall–Kier alpha value is -1.79. The predicted octanol–water partition coefficient (Wildman–Crippen LogP) is 3.43. The van der Waals surface area contributed by atoms with Crippen LogP contribution >= 0.6 is 0 Å². The Morgan fingerprint density at radius 1 is 1.21 bits per heavy atom. The van der Waals surface area contributed by atoms with Gasteiger partial charge in [-0.05, 0) is 31.4 Å². The molecule has 2 amide bonds. The number of hydrogen-bond acceptors (Lipinski definition) is 1. The smallest absolute Gasteiger partial charge is 0.323 e. The number of para-hydroxylation sites is 1. The van der Waals surface area contributed by atoms with E-state index in [1.807, 2.05) is 5.32 Å². The van der Waals surface area contributed by atoms with E-state index in [1.54, 1.807) is 0 Å². The Labute approximate surface area is 107 Å². The Morgan fingerprint density at radius 3 is 2.32 bits per heavy atom. The van der Waals surface area contributed by atoms with E-state index in [0.29, 0.717) is 6.42 Å². The molecule has 2 rings (SSSR count). The van der Waals surface area contributed by atoms with Crippen LogP contribution in [0.15, 0.2) is 24.3 Å². The lowest BCUT2D eigenvalue weighted by Crippen LogP contribution is -2.63. The second-order valence-electron chi connectivity index (χ2n) is 4.49. The summed E-state index contributed by atoms with van der Waals surface area (Å²) in [6, 6.07) is 4.22. The second-order valence-corrected chi connectivity index (χ2v) is 4.49. The third-order valence-electron chi connectivity index (χ3n) is 3.22. The van der Waals surface area contributed by atoms with Crippen LogP contribution in [0.5, 0.6) is 0 Å². The number of carbonyl (C=O) groups excluding carboxylic acids is 1. The third kappa shape index (κ3) is 2.64. The standard InChI is InChI=1S/C12H12F4N2O/c13-8-4-1-2-5-9(8)17-10(19)18-11(6-3-7-11)12(14,15)16/h1-2,4-5H,3,6-7H2,(H2,17,18,19). The van der Waals surface area contributed by atoms with E-state index < -0.39 is 23.6 Å². The van der Waals surface area contributed by atoms with E-state index in [4.69, 9.17) is 0 Å². The molecule has 7 heteroatoms. The molecule has 0 aliphatic heterocycles. The van der Waals surface area contributed by atoms with Crippen LogP contribution in [0.4, 0.5) is 28.0 Å². The van der Waals surface area contributed by atoms with Crippen LogP contribution in [0.3, 0.4) is 0 Å². The van der Waals surface area contributed by atoms with Gasteiger partial charge in [0, 0.05) is 0 Å². The van der Waals surface area contributed by atoms with Crippen LogP contribution in [0.1, 0.15) is 19.3 Å². The predicted molar refractivity (Wildman–Crippen MR) is 61.2 cm³/mol. The van der Waals surface area contributed by atoms with E-state index in [0.717, 1.165) is 6.07 Å². The number of rotatable bonds is 2. The van der Waals surface area contributed by atoms with Gasteiger partial charge in [0.2, 0.25) is 0 Å². The van der Waals surface area contributed by atoms with E-state index >= 15 is 0 Å². The van der Waals surface area contributed by atoms with Crippen molar-refractivity contribution in [2.75, 3.05) is 5.32 Å². The minimum absolute atomic E-state index is 0.152. The van der Waals surface area contributed by atoms with Gasteiger partial charge in [-0.3, -0.25) is 0 Å². The molecular formula is C12H12F4N2O. The van der Waals surface area contributed by atoms with Crippen LogP contribution < -0.4 is 10.6 Å². The highest BCUT2D eigenvalue weighted by Crippen LogP contribution is 2.45. The van der Waals surface area contributed by atoms with Gasteiger partial charge < -0.3 is 10.6 Å². The van der Waals surface area contributed by atoms with Gasteiger partial charge in [0.15, 0.2) is 0 Å². The average molecular weight is 276 g/mol. The first-order valence-electron chi connectivity index (χ1n) is 5.74. The van der Waals surface area contributed by atoms with Crippen molar-refractivity contribution in [3.05, 3.63) is 30.1 Å². The number of amides is 2. The summed E-state index contributed by atoms with van der Waals surface area (Å²) < 4.78 is 51.7. The Bertz CT molecular complexity index is 483. The Kier molecular flexibility index (Phi) is 3.38. The van der Waals surface area contributed by atoms with E-state index in [2.05, 4.69) is 5.32 Å². The number of halogens is 4.